The van der Waals surface area contributed by atoms with Gasteiger partial charge in [0, 0.05) is 13.6 Å². The van der Waals surface area contributed by atoms with E-state index in [0.29, 0.717) is 18.0 Å². The minimum atomic E-state index is -0.593. The summed E-state index contributed by atoms with van der Waals surface area (Å²) in [5.41, 5.74) is 5.70. The molecule has 4 N–H and O–H groups in total. The van der Waals surface area contributed by atoms with Crippen LogP contribution in [0, 0.1) is 0 Å². The van der Waals surface area contributed by atoms with E-state index < -0.39 is 5.60 Å². The van der Waals surface area contributed by atoms with Gasteiger partial charge in [0.1, 0.15) is 5.82 Å². The van der Waals surface area contributed by atoms with E-state index in [-0.39, 0.29) is 5.95 Å². The largest absolute Gasteiger partial charge is 0.388 e. The van der Waals surface area contributed by atoms with Crippen molar-refractivity contribution < 1.29 is 5.11 Å². The molecule has 96 valence electrons. The van der Waals surface area contributed by atoms with Gasteiger partial charge < -0.3 is 15.7 Å². The van der Waals surface area contributed by atoms with Crippen LogP contribution in [0.1, 0.15) is 19.3 Å². The Morgan fingerprint density at radius 1 is 1.50 bits per heavy atom. The standard InChI is InChI=1S/C11H16N6O/c1-17(6-11(18)3-2-4-11)9-7-5-13-16-8(7)14-10(12)15-9/h5,18H,2-4,6H2,1H3,(H3,12,13,14,15,16). The van der Waals surface area contributed by atoms with E-state index in [9.17, 15) is 5.11 Å². The van der Waals surface area contributed by atoms with E-state index in [1.807, 2.05) is 11.9 Å². The van der Waals surface area contributed by atoms with E-state index in [2.05, 4.69) is 20.2 Å². The molecule has 7 nitrogen and oxygen atoms in total. The SMILES string of the molecule is CN(CC1(O)CCC1)c1nc(N)nc2[nH]ncc12. The van der Waals surface area contributed by atoms with Gasteiger partial charge in [0.15, 0.2) is 5.65 Å². The third-order valence-electron chi connectivity index (χ3n) is 3.48. The fourth-order valence-corrected chi connectivity index (χ4v) is 2.39. The van der Waals surface area contributed by atoms with E-state index in [0.717, 1.165) is 24.6 Å². The number of aliphatic hydroxyl groups is 1. The van der Waals surface area contributed by atoms with Gasteiger partial charge in [-0.05, 0) is 19.3 Å². The summed E-state index contributed by atoms with van der Waals surface area (Å²) in [6.07, 6.45) is 4.43. The zero-order valence-corrected chi connectivity index (χ0v) is 10.2. The summed E-state index contributed by atoms with van der Waals surface area (Å²) in [7, 11) is 1.89. The monoisotopic (exact) mass is 248 g/mol. The molecule has 0 atom stereocenters. The van der Waals surface area contributed by atoms with Gasteiger partial charge in [-0.25, -0.2) is 0 Å². The Hall–Kier alpha value is -1.89. The lowest BCUT2D eigenvalue weighted by atomic mass is 9.80. The Bertz CT molecular complexity index is 576. The van der Waals surface area contributed by atoms with Crippen molar-refractivity contribution in [2.45, 2.75) is 24.9 Å². The van der Waals surface area contributed by atoms with Crippen molar-refractivity contribution in [2.24, 2.45) is 0 Å². The van der Waals surface area contributed by atoms with Gasteiger partial charge in [0.2, 0.25) is 5.95 Å². The smallest absolute Gasteiger partial charge is 0.224 e. The number of nitrogen functional groups attached to an aromatic ring is 1. The van der Waals surface area contributed by atoms with Crippen LogP contribution < -0.4 is 10.6 Å². The maximum Gasteiger partial charge on any atom is 0.224 e. The summed E-state index contributed by atoms with van der Waals surface area (Å²) in [6, 6.07) is 0. The van der Waals surface area contributed by atoms with E-state index in [1.54, 1.807) is 6.20 Å². The number of nitrogens with zero attached hydrogens (tertiary/aromatic N) is 4. The molecule has 0 bridgehead atoms. The molecule has 2 heterocycles. The second-order valence-electron chi connectivity index (χ2n) is 4.97. The van der Waals surface area contributed by atoms with Crippen molar-refractivity contribution in [1.29, 1.82) is 0 Å². The third-order valence-corrected chi connectivity index (χ3v) is 3.48. The van der Waals surface area contributed by atoms with Crippen molar-refractivity contribution in [2.75, 3.05) is 24.2 Å². The first-order valence-electron chi connectivity index (χ1n) is 5.97. The van der Waals surface area contributed by atoms with Crippen molar-refractivity contribution in [3.8, 4) is 0 Å². The molecule has 1 aliphatic carbocycles. The number of aromatic amines is 1. The van der Waals surface area contributed by atoms with Crippen LogP contribution in [0.3, 0.4) is 0 Å². The molecule has 3 rings (SSSR count). The van der Waals surface area contributed by atoms with Crippen molar-refractivity contribution in [3.05, 3.63) is 6.20 Å². The summed E-state index contributed by atoms with van der Waals surface area (Å²) in [5.74, 6) is 0.903. The average molecular weight is 248 g/mol. The predicted molar refractivity (Wildman–Crippen MR) is 68.2 cm³/mol. The van der Waals surface area contributed by atoms with Crippen LogP contribution in [-0.2, 0) is 0 Å². The molecule has 1 aliphatic rings. The lowest BCUT2D eigenvalue weighted by Crippen LogP contribution is -2.47. The highest BCUT2D eigenvalue weighted by molar-refractivity contribution is 5.87. The number of rotatable bonds is 3. The first kappa shape index (κ1) is 11.2. The fraction of sp³-hybridized carbons (Fsp3) is 0.545. The van der Waals surface area contributed by atoms with Crippen LogP contribution in [0.25, 0.3) is 11.0 Å². The zero-order valence-electron chi connectivity index (χ0n) is 10.2. The van der Waals surface area contributed by atoms with Gasteiger partial charge in [0.05, 0.1) is 17.2 Å². The van der Waals surface area contributed by atoms with Crippen LogP contribution in [0.15, 0.2) is 6.20 Å². The summed E-state index contributed by atoms with van der Waals surface area (Å²) >= 11 is 0. The van der Waals surface area contributed by atoms with Gasteiger partial charge in [0.25, 0.3) is 0 Å². The zero-order chi connectivity index (χ0) is 12.8. The summed E-state index contributed by atoms with van der Waals surface area (Å²) < 4.78 is 0. The molecule has 2 aromatic heterocycles. The number of aromatic nitrogens is 4. The van der Waals surface area contributed by atoms with Crippen LogP contribution >= 0.6 is 0 Å². The van der Waals surface area contributed by atoms with Crippen LogP contribution in [0.5, 0.6) is 0 Å². The molecule has 0 unspecified atom stereocenters. The van der Waals surface area contributed by atoms with Crippen LogP contribution in [-0.4, -0.2) is 44.5 Å². The second kappa shape index (κ2) is 3.81. The highest BCUT2D eigenvalue weighted by atomic mass is 16.3. The predicted octanol–water partition coefficient (Wildman–Crippen LogP) is 0.286. The Kier molecular flexibility index (Phi) is 2.37. The molecule has 0 spiro atoms. The van der Waals surface area contributed by atoms with Gasteiger partial charge >= 0.3 is 0 Å². The number of hydrogen-bond acceptors (Lipinski definition) is 6. The first-order valence-corrected chi connectivity index (χ1v) is 5.97. The summed E-state index contributed by atoms with van der Waals surface area (Å²) in [5, 5.41) is 17.7. The molecule has 0 aliphatic heterocycles. The van der Waals surface area contributed by atoms with E-state index in [4.69, 9.17) is 5.73 Å². The van der Waals surface area contributed by atoms with Crippen molar-refractivity contribution in [1.82, 2.24) is 20.2 Å². The Balaban J connectivity index is 1.94. The number of anilines is 2. The number of nitrogens with two attached hydrogens (primary N) is 1. The molecular formula is C11H16N6O. The molecule has 18 heavy (non-hydrogen) atoms. The number of nitrogens with one attached hydrogen (secondary N) is 1. The Morgan fingerprint density at radius 3 is 2.94 bits per heavy atom. The number of hydrogen-bond donors (Lipinski definition) is 3. The van der Waals surface area contributed by atoms with Crippen molar-refractivity contribution in [3.63, 3.8) is 0 Å². The molecule has 0 aromatic carbocycles. The molecular weight excluding hydrogens is 232 g/mol. The maximum atomic E-state index is 10.2. The van der Waals surface area contributed by atoms with Gasteiger partial charge in [-0.1, -0.05) is 0 Å². The maximum absolute atomic E-state index is 10.2. The quantitative estimate of drug-likeness (QED) is 0.721. The lowest BCUT2D eigenvalue weighted by Gasteiger charge is -2.39. The first-order chi connectivity index (χ1) is 8.57. The van der Waals surface area contributed by atoms with Crippen molar-refractivity contribution >= 4 is 22.8 Å². The second-order valence-corrected chi connectivity index (χ2v) is 4.97. The van der Waals surface area contributed by atoms with E-state index >= 15 is 0 Å². The molecule has 0 radical (unpaired) electrons. The van der Waals surface area contributed by atoms with Gasteiger partial charge in [-0.2, -0.15) is 15.1 Å². The minimum Gasteiger partial charge on any atom is -0.388 e. The number of fused-ring (bicyclic) bond motifs is 1. The molecule has 0 amide bonds. The van der Waals surface area contributed by atoms with Gasteiger partial charge in [-0.15, -0.1) is 0 Å². The summed E-state index contributed by atoms with van der Waals surface area (Å²) in [4.78, 5) is 10.2. The average Bonchev–Trinajstić information content (AvgIpc) is 2.73. The molecule has 2 aromatic rings. The molecule has 7 heteroatoms. The third kappa shape index (κ3) is 1.76. The normalized spacial score (nSPS) is 17.7. The minimum absolute atomic E-state index is 0.203. The lowest BCUT2D eigenvalue weighted by molar-refractivity contribution is -0.0247. The summed E-state index contributed by atoms with van der Waals surface area (Å²) in [6.45, 7) is 0.545. The Morgan fingerprint density at radius 2 is 2.28 bits per heavy atom. The molecule has 1 fully saturated rings. The molecule has 1 saturated carbocycles. The number of likely N-dealkylation sites (N-methyl/N-ethyl adjacent to an activating group) is 1. The van der Waals surface area contributed by atoms with Crippen LogP contribution in [0.2, 0.25) is 0 Å². The fourth-order valence-electron chi connectivity index (χ4n) is 2.39. The highest BCUT2D eigenvalue weighted by Gasteiger charge is 2.36. The Labute approximate surface area is 104 Å². The highest BCUT2D eigenvalue weighted by Crippen LogP contribution is 2.33. The van der Waals surface area contributed by atoms with Crippen LogP contribution in [0.4, 0.5) is 11.8 Å². The van der Waals surface area contributed by atoms with Gasteiger partial charge in [-0.3, -0.25) is 5.10 Å². The van der Waals surface area contributed by atoms with E-state index in [1.165, 1.54) is 0 Å². The topological polar surface area (TPSA) is 104 Å². The number of H-pyrrole nitrogens is 1. The molecule has 0 saturated heterocycles.